The second-order valence-corrected chi connectivity index (χ2v) is 8.93. The fourth-order valence-electron chi connectivity index (χ4n) is 4.60. The molecule has 0 aliphatic carbocycles. The zero-order valence-corrected chi connectivity index (χ0v) is 20.6. The van der Waals surface area contributed by atoms with Crippen LogP contribution in [0.25, 0.3) is 0 Å². The third-order valence-corrected chi connectivity index (χ3v) is 6.54. The number of hydrogen-bond acceptors (Lipinski definition) is 4. The third kappa shape index (κ3) is 4.50. The zero-order chi connectivity index (χ0) is 26.7. The van der Waals surface area contributed by atoms with Gasteiger partial charge in [-0.3, -0.25) is 19.3 Å². The maximum atomic E-state index is 13.9. The molecule has 0 spiro atoms. The van der Waals surface area contributed by atoms with Crippen molar-refractivity contribution in [1.82, 2.24) is 4.90 Å². The number of Topliss-reactive ketones (excluding diaryl/α,β-unsaturated/α-hetero) is 1. The van der Waals surface area contributed by atoms with Crippen molar-refractivity contribution < 1.29 is 18.8 Å². The van der Waals surface area contributed by atoms with Gasteiger partial charge < -0.3 is 5.32 Å². The van der Waals surface area contributed by atoms with Gasteiger partial charge in [0, 0.05) is 11.3 Å². The molecule has 2 amide bonds. The molecule has 0 saturated carbocycles. The van der Waals surface area contributed by atoms with Crippen LogP contribution in [0.4, 0.5) is 10.1 Å². The van der Waals surface area contributed by atoms with Crippen LogP contribution in [0.3, 0.4) is 0 Å². The van der Waals surface area contributed by atoms with Crippen molar-refractivity contribution in [3.05, 3.63) is 137 Å². The number of ketones is 1. The lowest BCUT2D eigenvalue weighted by Crippen LogP contribution is -2.43. The molecule has 0 radical (unpaired) electrons. The van der Waals surface area contributed by atoms with Gasteiger partial charge in [0.25, 0.3) is 11.8 Å². The first kappa shape index (κ1) is 24.8. The third-order valence-electron chi connectivity index (χ3n) is 6.54. The van der Waals surface area contributed by atoms with E-state index in [4.69, 9.17) is 4.99 Å². The summed E-state index contributed by atoms with van der Waals surface area (Å²) in [5, 5.41) is 2.63. The molecule has 6 nitrogen and oxygen atoms in total. The van der Waals surface area contributed by atoms with Crippen molar-refractivity contribution in [3.63, 3.8) is 0 Å². The Hall–Kier alpha value is -4.91. The molecule has 4 aromatic carbocycles. The number of benzene rings is 4. The van der Waals surface area contributed by atoms with Crippen LogP contribution in [-0.2, 0) is 10.3 Å². The minimum Gasteiger partial charge on any atom is -0.322 e. The highest BCUT2D eigenvalue weighted by molar-refractivity contribution is 6.13. The van der Waals surface area contributed by atoms with E-state index in [1.807, 2.05) is 60.7 Å². The van der Waals surface area contributed by atoms with Crippen LogP contribution in [-0.4, -0.2) is 34.9 Å². The van der Waals surface area contributed by atoms with E-state index < -0.39 is 17.3 Å². The number of aliphatic imine (C=N–C) groups is 1. The fourth-order valence-corrected chi connectivity index (χ4v) is 4.60. The molecule has 38 heavy (non-hydrogen) atoms. The first-order valence-electron chi connectivity index (χ1n) is 12.1. The SMILES string of the molecule is CC1=NC(c2ccccc2)(c2ccccc2)C(=O)N1CC(=O)c1ccc(NC(=O)c2ccccc2F)cc1. The van der Waals surface area contributed by atoms with E-state index in [0.29, 0.717) is 17.1 Å². The zero-order valence-electron chi connectivity index (χ0n) is 20.6. The second kappa shape index (κ2) is 10.2. The molecule has 5 rings (SSSR count). The smallest absolute Gasteiger partial charge is 0.265 e. The van der Waals surface area contributed by atoms with E-state index in [1.165, 1.54) is 23.1 Å². The van der Waals surface area contributed by atoms with E-state index in [1.54, 1.807) is 37.3 Å². The molecule has 1 heterocycles. The van der Waals surface area contributed by atoms with E-state index in [2.05, 4.69) is 5.32 Å². The molecule has 188 valence electrons. The van der Waals surface area contributed by atoms with Gasteiger partial charge in [-0.2, -0.15) is 0 Å². The van der Waals surface area contributed by atoms with Gasteiger partial charge >= 0.3 is 0 Å². The molecular formula is C31H24FN3O3. The summed E-state index contributed by atoms with van der Waals surface area (Å²) in [6.45, 7) is 1.54. The van der Waals surface area contributed by atoms with Crippen molar-refractivity contribution in [2.45, 2.75) is 12.5 Å². The Morgan fingerprint density at radius 1 is 0.816 bits per heavy atom. The van der Waals surface area contributed by atoms with Gasteiger partial charge in [-0.05, 0) is 54.4 Å². The topological polar surface area (TPSA) is 78.8 Å². The quantitative estimate of drug-likeness (QED) is 0.339. The van der Waals surface area contributed by atoms with Crippen LogP contribution >= 0.6 is 0 Å². The highest BCUT2D eigenvalue weighted by atomic mass is 19.1. The summed E-state index contributed by atoms with van der Waals surface area (Å²) in [4.78, 5) is 45.7. The van der Waals surface area contributed by atoms with Gasteiger partial charge in [0.2, 0.25) is 0 Å². The summed E-state index contributed by atoms with van der Waals surface area (Å²) in [6.07, 6.45) is 0. The van der Waals surface area contributed by atoms with Crippen LogP contribution in [0.2, 0.25) is 0 Å². The number of hydrogen-bond donors (Lipinski definition) is 1. The standard InChI is InChI=1S/C31H24FN3O3/c1-21-34-31(23-10-4-2-5-11-23,24-12-6-3-7-13-24)30(38)35(21)20-28(36)22-16-18-25(19-17-22)33-29(37)26-14-8-9-15-27(26)32/h2-19H,20H2,1H3,(H,33,37). The molecule has 0 aromatic heterocycles. The van der Waals surface area contributed by atoms with Gasteiger partial charge in [0.05, 0.1) is 12.1 Å². The highest BCUT2D eigenvalue weighted by Crippen LogP contribution is 2.40. The predicted octanol–water partition coefficient (Wildman–Crippen LogP) is 5.47. The lowest BCUT2D eigenvalue weighted by atomic mass is 9.83. The number of nitrogens with one attached hydrogen (secondary N) is 1. The van der Waals surface area contributed by atoms with Crippen molar-refractivity contribution in [1.29, 1.82) is 0 Å². The van der Waals surface area contributed by atoms with Crippen LogP contribution in [0, 0.1) is 5.82 Å². The summed E-state index contributed by atoms with van der Waals surface area (Å²) >= 11 is 0. The number of carbonyl (C=O) groups is 3. The second-order valence-electron chi connectivity index (χ2n) is 8.93. The van der Waals surface area contributed by atoms with Crippen molar-refractivity contribution in [2.24, 2.45) is 4.99 Å². The monoisotopic (exact) mass is 505 g/mol. The average molecular weight is 506 g/mol. The van der Waals surface area contributed by atoms with Crippen molar-refractivity contribution in [3.8, 4) is 0 Å². The van der Waals surface area contributed by atoms with Crippen LogP contribution in [0.15, 0.2) is 114 Å². The number of anilines is 1. The number of halogens is 1. The first-order valence-corrected chi connectivity index (χ1v) is 12.1. The van der Waals surface area contributed by atoms with Crippen molar-refractivity contribution >= 4 is 29.1 Å². The Balaban J connectivity index is 1.35. The number of rotatable bonds is 7. The van der Waals surface area contributed by atoms with E-state index in [0.717, 1.165) is 11.1 Å². The van der Waals surface area contributed by atoms with Gasteiger partial charge in [0.15, 0.2) is 11.3 Å². The van der Waals surface area contributed by atoms with Gasteiger partial charge in [-0.1, -0.05) is 72.8 Å². The Bertz CT molecular complexity index is 1490. The number of carbonyl (C=O) groups excluding carboxylic acids is 3. The van der Waals surface area contributed by atoms with E-state index in [9.17, 15) is 18.8 Å². The predicted molar refractivity (Wildman–Crippen MR) is 144 cm³/mol. The Kier molecular flexibility index (Phi) is 6.66. The lowest BCUT2D eigenvalue weighted by molar-refractivity contribution is -0.129. The van der Waals surface area contributed by atoms with Crippen LogP contribution < -0.4 is 5.32 Å². The molecular weight excluding hydrogens is 481 g/mol. The minimum absolute atomic E-state index is 0.0738. The summed E-state index contributed by atoms with van der Waals surface area (Å²) in [5.41, 5.74) is 0.882. The van der Waals surface area contributed by atoms with E-state index in [-0.39, 0.29) is 23.8 Å². The highest BCUT2D eigenvalue weighted by Gasteiger charge is 2.50. The summed E-state index contributed by atoms with van der Waals surface area (Å²) < 4.78 is 13.9. The minimum atomic E-state index is -1.27. The first-order chi connectivity index (χ1) is 18.4. The number of amides is 2. The van der Waals surface area contributed by atoms with Crippen LogP contribution in [0.1, 0.15) is 38.8 Å². The lowest BCUT2D eigenvalue weighted by Gasteiger charge is -2.27. The Labute approximate surface area is 219 Å². The van der Waals surface area contributed by atoms with Gasteiger partial charge in [-0.25, -0.2) is 9.38 Å². The summed E-state index contributed by atoms with van der Waals surface area (Å²) in [7, 11) is 0. The van der Waals surface area contributed by atoms with Crippen molar-refractivity contribution in [2.75, 3.05) is 11.9 Å². The summed E-state index contributed by atoms with van der Waals surface area (Å²) in [5.74, 6) is -1.34. The molecule has 0 bridgehead atoms. The Morgan fingerprint density at radius 3 is 1.95 bits per heavy atom. The molecule has 0 unspecified atom stereocenters. The molecule has 0 atom stereocenters. The largest absolute Gasteiger partial charge is 0.322 e. The normalized spacial score (nSPS) is 14.2. The van der Waals surface area contributed by atoms with Gasteiger partial charge in [0.1, 0.15) is 11.7 Å². The average Bonchev–Trinajstić information content (AvgIpc) is 3.20. The molecule has 1 aliphatic heterocycles. The molecule has 1 N–H and O–H groups in total. The molecule has 0 saturated heterocycles. The number of amidine groups is 1. The van der Waals surface area contributed by atoms with Gasteiger partial charge in [-0.15, -0.1) is 0 Å². The van der Waals surface area contributed by atoms with Crippen LogP contribution in [0.5, 0.6) is 0 Å². The summed E-state index contributed by atoms with van der Waals surface area (Å²) in [6, 6.07) is 30.6. The maximum Gasteiger partial charge on any atom is 0.265 e. The molecule has 1 aliphatic rings. The Morgan fingerprint density at radius 2 is 1.37 bits per heavy atom. The molecule has 0 fully saturated rings. The molecule has 4 aromatic rings. The number of nitrogens with zero attached hydrogens (tertiary/aromatic N) is 2. The maximum absolute atomic E-state index is 13.9. The molecule has 7 heteroatoms. The van der Waals surface area contributed by atoms with E-state index >= 15 is 0 Å². The fraction of sp³-hybridized carbons (Fsp3) is 0.0968.